The first-order valence-corrected chi connectivity index (χ1v) is 2.82. The van der Waals surface area contributed by atoms with Crippen LogP contribution in [-0.2, 0) is 0 Å². The molecule has 0 aliphatic rings. The third-order valence-electron chi connectivity index (χ3n) is 1.08. The van der Waals surface area contributed by atoms with Crippen molar-refractivity contribution in [2.24, 2.45) is 0 Å². The fourth-order valence-corrected chi connectivity index (χ4v) is 0.618. The van der Waals surface area contributed by atoms with Crippen LogP contribution in [-0.4, -0.2) is 5.16 Å². The molecule has 0 amide bonds. The van der Waals surface area contributed by atoms with Crippen LogP contribution in [0.3, 0.4) is 0 Å². The van der Waals surface area contributed by atoms with Gasteiger partial charge in [0.05, 0.1) is 0 Å². The second-order valence-electron chi connectivity index (χ2n) is 2.19. The van der Waals surface area contributed by atoms with Crippen molar-refractivity contribution in [1.29, 1.82) is 0 Å². The lowest BCUT2D eigenvalue weighted by molar-refractivity contribution is 0.360. The van der Waals surface area contributed by atoms with Gasteiger partial charge in [0.1, 0.15) is 6.20 Å². The van der Waals surface area contributed by atoms with Crippen LogP contribution >= 0.6 is 0 Å². The summed E-state index contributed by atoms with van der Waals surface area (Å²) in [7, 11) is 0. The molecule has 0 N–H and O–H groups in total. The predicted molar refractivity (Wildman–Crippen MR) is 30.5 cm³/mol. The van der Waals surface area contributed by atoms with Gasteiger partial charge in [0.25, 0.3) is 0 Å². The Hall–Kier alpha value is -0.860. The van der Waals surface area contributed by atoms with Gasteiger partial charge in [-0.25, -0.2) is 4.39 Å². The van der Waals surface area contributed by atoms with E-state index in [1.807, 2.05) is 13.8 Å². The summed E-state index contributed by atoms with van der Waals surface area (Å²) in [5, 5.41) is 3.29. The van der Waals surface area contributed by atoms with Crippen LogP contribution in [0.2, 0.25) is 0 Å². The molecule has 0 bridgehead atoms. The Labute approximate surface area is 52.7 Å². The predicted octanol–water partition coefficient (Wildman–Crippen LogP) is 1.94. The Bertz CT molecular complexity index is 195. The van der Waals surface area contributed by atoms with Crippen molar-refractivity contribution in [2.45, 2.75) is 19.8 Å². The van der Waals surface area contributed by atoms with Crippen LogP contribution in [0.25, 0.3) is 0 Å². The molecule has 1 aromatic heterocycles. The van der Waals surface area contributed by atoms with Crippen LogP contribution in [0.15, 0.2) is 10.7 Å². The first-order valence-electron chi connectivity index (χ1n) is 2.82. The summed E-state index contributed by atoms with van der Waals surface area (Å²) in [5.74, 6) is 0.0486. The van der Waals surface area contributed by atoms with Crippen molar-refractivity contribution >= 4 is 0 Å². The van der Waals surface area contributed by atoms with E-state index in [1.54, 1.807) is 0 Å². The molecule has 0 aliphatic heterocycles. The van der Waals surface area contributed by atoms with Gasteiger partial charge >= 0.3 is 0 Å². The molecule has 1 rings (SSSR count). The van der Waals surface area contributed by atoms with Gasteiger partial charge < -0.3 is 4.52 Å². The van der Waals surface area contributed by atoms with Crippen LogP contribution in [0.1, 0.15) is 25.5 Å². The maximum atomic E-state index is 12.4. The summed E-state index contributed by atoms with van der Waals surface area (Å²) in [6, 6.07) is 0. The molecule has 0 fully saturated rings. The van der Waals surface area contributed by atoms with E-state index in [0.29, 0.717) is 5.76 Å². The average Bonchev–Trinajstić information content (AvgIpc) is 2.13. The Morgan fingerprint density at radius 2 is 2.33 bits per heavy atom. The van der Waals surface area contributed by atoms with Crippen LogP contribution < -0.4 is 0 Å². The molecule has 1 heterocycles. The number of aromatic nitrogens is 1. The standard InChI is InChI=1S/C6H8FNO/c1-4(2)6-5(7)3-8-9-6/h3-4H,1-2H3. The zero-order valence-corrected chi connectivity index (χ0v) is 5.39. The van der Waals surface area contributed by atoms with Gasteiger partial charge in [-0.3, -0.25) is 0 Å². The maximum Gasteiger partial charge on any atom is 0.186 e. The molecule has 0 radical (unpaired) electrons. The van der Waals surface area contributed by atoms with Crippen molar-refractivity contribution in [3.8, 4) is 0 Å². The van der Waals surface area contributed by atoms with Crippen molar-refractivity contribution in [2.75, 3.05) is 0 Å². The van der Waals surface area contributed by atoms with Gasteiger partial charge in [-0.1, -0.05) is 19.0 Å². The highest BCUT2D eigenvalue weighted by molar-refractivity contribution is 5.01. The van der Waals surface area contributed by atoms with Gasteiger partial charge in [0, 0.05) is 5.92 Å². The summed E-state index contributed by atoms with van der Waals surface area (Å²) >= 11 is 0. The van der Waals surface area contributed by atoms with E-state index in [-0.39, 0.29) is 11.7 Å². The second-order valence-corrected chi connectivity index (χ2v) is 2.19. The van der Waals surface area contributed by atoms with E-state index in [0.717, 1.165) is 6.20 Å². The molecule has 1 aromatic rings. The summed E-state index contributed by atoms with van der Waals surface area (Å²) in [6.45, 7) is 3.70. The van der Waals surface area contributed by atoms with Crippen LogP contribution in [0.5, 0.6) is 0 Å². The lowest BCUT2D eigenvalue weighted by atomic mass is 10.1. The zero-order valence-electron chi connectivity index (χ0n) is 5.39. The molecule has 9 heavy (non-hydrogen) atoms. The largest absolute Gasteiger partial charge is 0.358 e. The maximum absolute atomic E-state index is 12.4. The minimum absolute atomic E-state index is 0.0764. The minimum Gasteiger partial charge on any atom is -0.358 e. The highest BCUT2D eigenvalue weighted by atomic mass is 19.1. The number of rotatable bonds is 1. The summed E-state index contributed by atoms with van der Waals surface area (Å²) in [6.07, 6.45) is 1.08. The number of hydrogen-bond donors (Lipinski definition) is 0. The average molecular weight is 129 g/mol. The van der Waals surface area contributed by atoms with Crippen LogP contribution in [0.4, 0.5) is 4.39 Å². The highest BCUT2D eigenvalue weighted by Crippen LogP contribution is 2.16. The van der Waals surface area contributed by atoms with Crippen LogP contribution in [0, 0.1) is 5.82 Å². The molecule has 0 atom stereocenters. The highest BCUT2D eigenvalue weighted by Gasteiger charge is 2.10. The summed E-state index contributed by atoms with van der Waals surface area (Å²) in [5.41, 5.74) is 0. The molecular weight excluding hydrogens is 121 g/mol. The molecule has 3 heteroatoms. The third-order valence-corrected chi connectivity index (χ3v) is 1.08. The molecule has 0 spiro atoms. The van der Waals surface area contributed by atoms with Crippen molar-refractivity contribution in [3.05, 3.63) is 17.8 Å². The normalized spacial score (nSPS) is 10.7. The van der Waals surface area contributed by atoms with Crippen molar-refractivity contribution in [1.82, 2.24) is 5.16 Å². The molecule has 0 saturated heterocycles. The first kappa shape index (κ1) is 6.26. The number of hydrogen-bond acceptors (Lipinski definition) is 2. The Kier molecular flexibility index (Phi) is 1.51. The zero-order chi connectivity index (χ0) is 6.85. The molecular formula is C6H8FNO. The Balaban J connectivity index is 2.94. The molecule has 2 nitrogen and oxygen atoms in total. The second kappa shape index (κ2) is 2.17. The minimum atomic E-state index is -0.356. The molecule has 0 aromatic carbocycles. The molecule has 0 aliphatic carbocycles. The third kappa shape index (κ3) is 1.09. The van der Waals surface area contributed by atoms with Crippen molar-refractivity contribution in [3.63, 3.8) is 0 Å². The van der Waals surface area contributed by atoms with Gasteiger partial charge in [-0.15, -0.1) is 0 Å². The fraction of sp³-hybridized carbons (Fsp3) is 0.500. The van der Waals surface area contributed by atoms with E-state index in [4.69, 9.17) is 0 Å². The summed E-state index contributed by atoms with van der Waals surface area (Å²) < 4.78 is 17.0. The van der Waals surface area contributed by atoms with E-state index in [2.05, 4.69) is 9.68 Å². The van der Waals surface area contributed by atoms with Gasteiger partial charge in [-0.05, 0) is 0 Å². The SMILES string of the molecule is CC(C)c1oncc1F. The van der Waals surface area contributed by atoms with E-state index < -0.39 is 0 Å². The smallest absolute Gasteiger partial charge is 0.186 e. The van der Waals surface area contributed by atoms with Gasteiger partial charge in [-0.2, -0.15) is 0 Å². The summed E-state index contributed by atoms with van der Waals surface area (Å²) in [4.78, 5) is 0. The lowest BCUT2D eigenvalue weighted by Gasteiger charge is -1.94. The van der Waals surface area contributed by atoms with Gasteiger partial charge in [0.2, 0.25) is 0 Å². The molecule has 0 saturated carbocycles. The molecule has 0 unspecified atom stereocenters. The first-order chi connectivity index (χ1) is 4.22. The monoisotopic (exact) mass is 129 g/mol. The quantitative estimate of drug-likeness (QED) is 0.579. The fourth-order valence-electron chi connectivity index (χ4n) is 0.618. The van der Waals surface area contributed by atoms with Gasteiger partial charge in [0.15, 0.2) is 11.6 Å². The Morgan fingerprint density at radius 1 is 1.67 bits per heavy atom. The van der Waals surface area contributed by atoms with E-state index in [9.17, 15) is 4.39 Å². The molecule has 50 valence electrons. The number of nitrogens with zero attached hydrogens (tertiary/aromatic N) is 1. The topological polar surface area (TPSA) is 26.0 Å². The van der Waals surface area contributed by atoms with E-state index in [1.165, 1.54) is 0 Å². The number of halogens is 1. The van der Waals surface area contributed by atoms with E-state index >= 15 is 0 Å². The van der Waals surface area contributed by atoms with Crippen molar-refractivity contribution < 1.29 is 8.91 Å². The Morgan fingerprint density at radius 3 is 2.56 bits per heavy atom. The lowest BCUT2D eigenvalue weighted by Crippen LogP contribution is -1.85.